The first kappa shape index (κ1) is 22.4. The van der Waals surface area contributed by atoms with E-state index in [0.717, 1.165) is 0 Å². The Balaban J connectivity index is 2.61. The van der Waals surface area contributed by atoms with Crippen molar-refractivity contribution in [1.82, 2.24) is 0 Å². The zero-order chi connectivity index (χ0) is 23.4. The van der Waals surface area contributed by atoms with Crippen molar-refractivity contribution in [3.63, 3.8) is 0 Å². The van der Waals surface area contributed by atoms with E-state index in [0.29, 0.717) is 0 Å². The minimum atomic E-state index is -2.54. The Morgan fingerprint density at radius 1 is 0.323 bits per heavy atom. The van der Waals surface area contributed by atoms with Gasteiger partial charge in [0.1, 0.15) is 16.7 Å². The predicted molar refractivity (Wildman–Crippen MR) is 79.4 cm³/mol. The van der Waals surface area contributed by atoms with Gasteiger partial charge in [-0.3, -0.25) is 0 Å². The van der Waals surface area contributed by atoms with Crippen molar-refractivity contribution >= 4 is 0 Å². The first-order valence-electron chi connectivity index (χ1n) is 7.75. The second-order valence-corrected chi connectivity index (χ2v) is 5.90. The average Bonchev–Trinajstić information content (AvgIpc) is 2.69. The van der Waals surface area contributed by atoms with Crippen LogP contribution in [0.2, 0.25) is 0 Å². The summed E-state index contributed by atoms with van der Waals surface area (Å²) >= 11 is 0. The Kier molecular flexibility index (Phi) is 5.59. The van der Waals surface area contributed by atoms with Gasteiger partial charge >= 0.3 is 0 Å². The minimum Gasteiger partial charge on any atom is -0.197 e. The fourth-order valence-corrected chi connectivity index (χ4v) is 2.75. The van der Waals surface area contributed by atoms with Gasteiger partial charge in [-0.1, -0.05) is 0 Å². The van der Waals surface area contributed by atoms with Crippen LogP contribution >= 0.6 is 0 Å². The maximum atomic E-state index is 14.3. The van der Waals surface area contributed by atoms with Crippen LogP contribution in [-0.4, -0.2) is 0 Å². The average molecular weight is 459 g/mol. The largest absolute Gasteiger partial charge is 0.217 e. The van der Waals surface area contributed by atoms with Crippen molar-refractivity contribution in [2.75, 3.05) is 0 Å². The molecule has 3 aromatic rings. The molecule has 0 nitrogen and oxygen atoms in total. The summed E-state index contributed by atoms with van der Waals surface area (Å²) in [5, 5.41) is 0. The number of rotatable bonds is 3. The molecule has 162 valence electrons. The van der Waals surface area contributed by atoms with E-state index in [4.69, 9.17) is 0 Å². The monoisotopic (exact) mass is 459 g/mol. The minimum absolute atomic E-state index is 0.413. The van der Waals surface area contributed by atoms with E-state index >= 15 is 0 Å². The SMILES string of the molecule is Fc1cc(F)c(F)c([C+](c2c(F)c(F)cc(F)c2F)c2c(F)c(F)cc(F)c2F)c1F. The summed E-state index contributed by atoms with van der Waals surface area (Å²) in [7, 11) is 0. The van der Waals surface area contributed by atoms with Crippen LogP contribution in [0.25, 0.3) is 0 Å². The summed E-state index contributed by atoms with van der Waals surface area (Å²) in [6.07, 6.45) is 0. The maximum absolute atomic E-state index is 14.3. The zero-order valence-corrected chi connectivity index (χ0v) is 14.3. The lowest BCUT2D eigenvalue weighted by atomic mass is 9.82. The molecule has 0 spiro atoms. The fraction of sp³-hybridized carbons (Fsp3) is 0. The van der Waals surface area contributed by atoms with E-state index in [1.165, 1.54) is 0 Å². The molecule has 3 aromatic carbocycles. The molecule has 0 heterocycles. The molecule has 0 amide bonds. The van der Waals surface area contributed by atoms with Gasteiger partial charge in [0, 0.05) is 18.2 Å². The summed E-state index contributed by atoms with van der Waals surface area (Å²) in [6.45, 7) is 0. The highest BCUT2D eigenvalue weighted by Gasteiger charge is 2.45. The molecule has 0 aliphatic heterocycles. The first-order chi connectivity index (χ1) is 14.4. The summed E-state index contributed by atoms with van der Waals surface area (Å²) < 4.78 is 168. The van der Waals surface area contributed by atoms with Gasteiger partial charge in [-0.05, 0) is 0 Å². The summed E-state index contributed by atoms with van der Waals surface area (Å²) in [5.74, 6) is -31.2. The van der Waals surface area contributed by atoms with Gasteiger partial charge in [0.2, 0.25) is 34.9 Å². The van der Waals surface area contributed by atoms with Gasteiger partial charge in [0.15, 0.2) is 34.9 Å². The maximum Gasteiger partial charge on any atom is 0.217 e. The molecule has 12 heteroatoms. The molecule has 0 aliphatic carbocycles. The standard InChI is InChI=1S/C19H3F12/c20-4-1-5(21)15(27)11(14(4)26)10(12-16(28)6(22)2-7(23)17(12)29)13-18(30)8(24)3-9(25)19(13)31/h1-3H/q+1. The molecule has 3 rings (SSSR count). The van der Waals surface area contributed by atoms with E-state index in [1.807, 2.05) is 0 Å². The Morgan fingerprint density at radius 3 is 0.645 bits per heavy atom. The first-order valence-corrected chi connectivity index (χ1v) is 7.75. The van der Waals surface area contributed by atoms with Crippen LogP contribution in [0.3, 0.4) is 0 Å². The third-order valence-corrected chi connectivity index (χ3v) is 4.09. The van der Waals surface area contributed by atoms with Gasteiger partial charge in [0.05, 0.1) is 5.92 Å². The molecule has 0 aliphatic rings. The van der Waals surface area contributed by atoms with E-state index in [2.05, 4.69) is 0 Å². The van der Waals surface area contributed by atoms with Gasteiger partial charge in [-0.15, -0.1) is 0 Å². The molecule has 0 unspecified atom stereocenters. The molecule has 0 saturated heterocycles. The summed E-state index contributed by atoms with van der Waals surface area (Å²) in [4.78, 5) is 0. The molecular weight excluding hydrogens is 456 g/mol. The van der Waals surface area contributed by atoms with Crippen molar-refractivity contribution in [2.24, 2.45) is 0 Å². The van der Waals surface area contributed by atoms with Crippen LogP contribution in [0, 0.1) is 75.7 Å². The van der Waals surface area contributed by atoms with Gasteiger partial charge in [-0.2, -0.15) is 52.7 Å². The lowest BCUT2D eigenvalue weighted by Gasteiger charge is -2.17. The van der Waals surface area contributed by atoms with Crippen molar-refractivity contribution < 1.29 is 52.7 Å². The van der Waals surface area contributed by atoms with Crippen LogP contribution in [0.15, 0.2) is 18.2 Å². The van der Waals surface area contributed by atoms with Crippen molar-refractivity contribution in [3.8, 4) is 0 Å². The Morgan fingerprint density at radius 2 is 0.484 bits per heavy atom. The normalized spacial score (nSPS) is 11.2. The zero-order valence-electron chi connectivity index (χ0n) is 14.3. The van der Waals surface area contributed by atoms with Crippen LogP contribution in [0.4, 0.5) is 52.7 Å². The highest BCUT2D eigenvalue weighted by molar-refractivity contribution is 5.60. The quantitative estimate of drug-likeness (QED) is 0.185. The molecule has 31 heavy (non-hydrogen) atoms. The Hall–Kier alpha value is -3.31. The van der Waals surface area contributed by atoms with E-state index < -0.39 is 111 Å². The van der Waals surface area contributed by atoms with Crippen LogP contribution < -0.4 is 0 Å². The lowest BCUT2D eigenvalue weighted by Crippen LogP contribution is -2.20. The molecule has 0 fully saturated rings. The van der Waals surface area contributed by atoms with Gasteiger partial charge < -0.3 is 0 Å². The molecule has 0 aromatic heterocycles. The number of hydrogen-bond acceptors (Lipinski definition) is 0. The molecule has 0 saturated carbocycles. The molecule has 0 radical (unpaired) electrons. The predicted octanol–water partition coefficient (Wildman–Crippen LogP) is 6.37. The third kappa shape index (κ3) is 3.45. The highest BCUT2D eigenvalue weighted by atomic mass is 19.2. The second-order valence-electron chi connectivity index (χ2n) is 5.90. The Labute approximate surface area is 164 Å². The van der Waals surface area contributed by atoms with E-state index in [9.17, 15) is 52.7 Å². The number of hydrogen-bond donors (Lipinski definition) is 0. The van der Waals surface area contributed by atoms with Gasteiger partial charge in [-0.25, -0.2) is 0 Å². The molecule has 0 bridgehead atoms. The van der Waals surface area contributed by atoms with E-state index in [1.54, 1.807) is 0 Å². The van der Waals surface area contributed by atoms with Crippen molar-refractivity contribution in [2.45, 2.75) is 0 Å². The van der Waals surface area contributed by atoms with Crippen LogP contribution in [-0.2, 0) is 0 Å². The lowest BCUT2D eigenvalue weighted by molar-refractivity contribution is 0.422. The number of halogens is 12. The second kappa shape index (κ2) is 7.75. The Bertz CT molecular complexity index is 988. The highest BCUT2D eigenvalue weighted by Crippen LogP contribution is 2.42. The molecular formula is C19H3F12+. The number of benzene rings is 3. The summed E-state index contributed by atoms with van der Waals surface area (Å²) in [6, 6.07) is -1.24. The fourth-order valence-electron chi connectivity index (χ4n) is 2.75. The van der Waals surface area contributed by atoms with Crippen molar-refractivity contribution in [3.05, 3.63) is 111 Å². The van der Waals surface area contributed by atoms with Gasteiger partial charge in [0.25, 0.3) is 0 Å². The van der Waals surface area contributed by atoms with E-state index in [-0.39, 0.29) is 0 Å². The molecule has 0 N–H and O–H groups in total. The summed E-state index contributed by atoms with van der Waals surface area (Å²) in [5.41, 5.74) is -6.87. The van der Waals surface area contributed by atoms with Crippen molar-refractivity contribution in [1.29, 1.82) is 0 Å². The van der Waals surface area contributed by atoms with Crippen LogP contribution in [0.5, 0.6) is 0 Å². The topological polar surface area (TPSA) is 0 Å². The third-order valence-electron chi connectivity index (χ3n) is 4.09. The molecule has 0 atom stereocenters. The van der Waals surface area contributed by atoms with Crippen LogP contribution in [0.1, 0.15) is 16.7 Å². The smallest absolute Gasteiger partial charge is 0.197 e.